The zero-order valence-electron chi connectivity index (χ0n) is 13.1. The van der Waals surface area contributed by atoms with E-state index in [2.05, 4.69) is 8.75 Å². The first-order chi connectivity index (χ1) is 11.3. The molecule has 0 saturated heterocycles. The number of rotatable bonds is 7. The molecule has 0 atom stereocenters. The number of carboxylic acid groups (broad SMARTS) is 1. The summed E-state index contributed by atoms with van der Waals surface area (Å²) in [5.41, 5.74) is 0.239. The van der Waals surface area contributed by atoms with E-state index in [0.717, 1.165) is 11.7 Å². The van der Waals surface area contributed by atoms with Gasteiger partial charge in [0.05, 0.1) is 23.1 Å². The van der Waals surface area contributed by atoms with Crippen LogP contribution in [-0.4, -0.2) is 48.6 Å². The van der Waals surface area contributed by atoms with Crippen LogP contribution in [0, 0.1) is 16.0 Å². The van der Waals surface area contributed by atoms with Crippen molar-refractivity contribution < 1.29 is 19.6 Å². The van der Waals surface area contributed by atoms with Crippen LogP contribution in [0.4, 0.5) is 5.69 Å². The predicted molar refractivity (Wildman–Crippen MR) is 87.1 cm³/mol. The van der Waals surface area contributed by atoms with Crippen molar-refractivity contribution in [2.75, 3.05) is 13.1 Å². The van der Waals surface area contributed by atoms with Gasteiger partial charge in [0, 0.05) is 24.7 Å². The number of benzene rings is 1. The Kier molecular flexibility index (Phi) is 5.39. The Morgan fingerprint density at radius 1 is 1.38 bits per heavy atom. The number of aliphatic carboxylic acids is 1. The second-order valence-electron chi connectivity index (χ2n) is 5.67. The van der Waals surface area contributed by atoms with E-state index in [1.165, 1.54) is 17.0 Å². The average Bonchev–Trinajstić information content (AvgIpc) is 2.97. The lowest BCUT2D eigenvalue weighted by Gasteiger charge is -2.24. The third kappa shape index (κ3) is 4.02. The average molecular weight is 352 g/mol. The van der Waals surface area contributed by atoms with E-state index in [0.29, 0.717) is 6.54 Å². The van der Waals surface area contributed by atoms with Crippen molar-refractivity contribution in [3.05, 3.63) is 27.8 Å². The van der Waals surface area contributed by atoms with Gasteiger partial charge in [-0.15, -0.1) is 0 Å². The van der Waals surface area contributed by atoms with Gasteiger partial charge in [0.15, 0.2) is 5.52 Å². The summed E-state index contributed by atoms with van der Waals surface area (Å²) in [7, 11) is 0. The molecular weight excluding hydrogens is 336 g/mol. The van der Waals surface area contributed by atoms with Gasteiger partial charge in [-0.05, 0) is 12.0 Å². The Morgan fingerprint density at radius 3 is 2.67 bits per heavy atom. The number of hydrogen-bond acceptors (Lipinski definition) is 7. The van der Waals surface area contributed by atoms with Gasteiger partial charge in [-0.1, -0.05) is 13.8 Å². The molecule has 0 fully saturated rings. The number of nitrogens with zero attached hydrogens (tertiary/aromatic N) is 4. The summed E-state index contributed by atoms with van der Waals surface area (Å²) in [5.74, 6) is -1.34. The third-order valence-electron chi connectivity index (χ3n) is 3.25. The predicted octanol–water partition coefficient (Wildman–Crippen LogP) is 2.17. The summed E-state index contributed by atoms with van der Waals surface area (Å²) in [4.78, 5) is 35.5. The van der Waals surface area contributed by atoms with E-state index in [-0.39, 0.29) is 41.2 Å². The first-order valence-corrected chi connectivity index (χ1v) is 7.94. The Labute approximate surface area is 141 Å². The topological polar surface area (TPSA) is 127 Å². The highest BCUT2D eigenvalue weighted by Gasteiger charge is 2.24. The third-order valence-corrected chi connectivity index (χ3v) is 3.80. The molecule has 0 bridgehead atoms. The number of carbonyl (C=O) groups excluding carboxylic acids is 1. The lowest BCUT2D eigenvalue weighted by molar-refractivity contribution is -0.383. The van der Waals surface area contributed by atoms with Gasteiger partial charge in [0.25, 0.3) is 11.6 Å². The van der Waals surface area contributed by atoms with Crippen LogP contribution in [-0.2, 0) is 4.79 Å². The molecule has 0 aliphatic carbocycles. The summed E-state index contributed by atoms with van der Waals surface area (Å²) in [5, 5.41) is 20.0. The van der Waals surface area contributed by atoms with Crippen molar-refractivity contribution in [2.24, 2.45) is 5.92 Å². The van der Waals surface area contributed by atoms with Crippen molar-refractivity contribution in [3.8, 4) is 0 Å². The number of carboxylic acids is 1. The fourth-order valence-corrected chi connectivity index (χ4v) is 2.80. The smallest absolute Gasteiger partial charge is 0.305 e. The first-order valence-electron chi connectivity index (χ1n) is 7.21. The second-order valence-corrected chi connectivity index (χ2v) is 6.20. The van der Waals surface area contributed by atoms with Crippen molar-refractivity contribution in [1.29, 1.82) is 0 Å². The molecule has 0 spiro atoms. The Bertz CT molecular complexity index is 789. The van der Waals surface area contributed by atoms with Gasteiger partial charge in [-0.2, -0.15) is 8.75 Å². The fraction of sp³-hybridized carbons (Fsp3) is 0.429. The summed E-state index contributed by atoms with van der Waals surface area (Å²) in [6.07, 6.45) is -0.193. The molecule has 0 saturated carbocycles. The number of aromatic nitrogens is 2. The number of nitro benzene ring substituents is 1. The molecular formula is C14H16N4O5S. The van der Waals surface area contributed by atoms with Crippen LogP contribution in [0.25, 0.3) is 11.0 Å². The minimum atomic E-state index is -1.01. The maximum atomic E-state index is 12.7. The summed E-state index contributed by atoms with van der Waals surface area (Å²) in [6, 6.07) is 2.61. The molecule has 24 heavy (non-hydrogen) atoms. The molecule has 0 aliphatic heterocycles. The quantitative estimate of drug-likeness (QED) is 0.597. The standard InChI is InChI=1S/C14H16N4O5S/c1-8(2)7-17(4-3-12(19)20)14(21)9-5-10-13(16-24-15-10)11(6-9)18(22)23/h5-6,8H,3-4,7H2,1-2H3,(H,19,20). The number of carbonyl (C=O) groups is 2. The summed E-state index contributed by atoms with van der Waals surface area (Å²) in [6.45, 7) is 4.19. The van der Waals surface area contributed by atoms with Gasteiger partial charge in [-0.3, -0.25) is 19.7 Å². The highest BCUT2D eigenvalue weighted by molar-refractivity contribution is 7.00. The van der Waals surface area contributed by atoms with Gasteiger partial charge >= 0.3 is 5.97 Å². The lowest BCUT2D eigenvalue weighted by atomic mass is 10.1. The maximum absolute atomic E-state index is 12.7. The number of hydrogen-bond donors (Lipinski definition) is 1. The normalized spacial score (nSPS) is 11.0. The summed E-state index contributed by atoms with van der Waals surface area (Å²) < 4.78 is 7.84. The highest BCUT2D eigenvalue weighted by Crippen LogP contribution is 2.26. The largest absolute Gasteiger partial charge is 0.481 e. The molecule has 128 valence electrons. The molecule has 0 aliphatic rings. The fourth-order valence-electron chi connectivity index (χ4n) is 2.26. The number of nitro groups is 1. The van der Waals surface area contributed by atoms with E-state index in [1.807, 2.05) is 13.8 Å². The maximum Gasteiger partial charge on any atom is 0.305 e. The van der Waals surface area contributed by atoms with Crippen LogP contribution in [0.1, 0.15) is 30.6 Å². The zero-order chi connectivity index (χ0) is 17.9. The number of amides is 1. The van der Waals surface area contributed by atoms with Crippen molar-refractivity contribution in [1.82, 2.24) is 13.6 Å². The first kappa shape index (κ1) is 17.7. The minimum Gasteiger partial charge on any atom is -0.481 e. The van der Waals surface area contributed by atoms with Crippen molar-refractivity contribution in [2.45, 2.75) is 20.3 Å². The summed E-state index contributed by atoms with van der Waals surface area (Å²) >= 11 is 0.831. The van der Waals surface area contributed by atoms with E-state index in [4.69, 9.17) is 5.11 Å². The molecule has 9 nitrogen and oxygen atoms in total. The van der Waals surface area contributed by atoms with E-state index in [1.54, 1.807) is 0 Å². The Morgan fingerprint density at radius 2 is 2.08 bits per heavy atom. The molecule has 0 unspecified atom stereocenters. The van der Waals surface area contributed by atoms with Crippen LogP contribution in [0.15, 0.2) is 12.1 Å². The second kappa shape index (κ2) is 7.30. The van der Waals surface area contributed by atoms with Gasteiger partial charge < -0.3 is 10.0 Å². The minimum absolute atomic E-state index is 0.0352. The van der Waals surface area contributed by atoms with Crippen LogP contribution >= 0.6 is 11.7 Å². The molecule has 1 N–H and O–H groups in total. The number of fused-ring (bicyclic) bond motifs is 1. The molecule has 1 amide bonds. The van der Waals surface area contributed by atoms with Crippen molar-refractivity contribution >= 4 is 40.3 Å². The van der Waals surface area contributed by atoms with E-state index < -0.39 is 16.8 Å². The van der Waals surface area contributed by atoms with Crippen LogP contribution in [0.5, 0.6) is 0 Å². The zero-order valence-corrected chi connectivity index (χ0v) is 13.9. The van der Waals surface area contributed by atoms with Crippen LogP contribution < -0.4 is 0 Å². The lowest BCUT2D eigenvalue weighted by Crippen LogP contribution is -2.36. The highest BCUT2D eigenvalue weighted by atomic mass is 32.1. The molecule has 2 aromatic rings. The molecule has 1 aromatic heterocycles. The van der Waals surface area contributed by atoms with Crippen LogP contribution in [0.3, 0.4) is 0 Å². The Hall–Kier alpha value is -2.62. The Balaban J connectivity index is 2.39. The number of non-ortho nitro benzene ring substituents is 1. The molecule has 0 radical (unpaired) electrons. The van der Waals surface area contributed by atoms with E-state index in [9.17, 15) is 19.7 Å². The monoisotopic (exact) mass is 352 g/mol. The van der Waals surface area contributed by atoms with Gasteiger partial charge in [0.1, 0.15) is 5.52 Å². The molecule has 1 aromatic carbocycles. The molecule has 10 heteroatoms. The van der Waals surface area contributed by atoms with Gasteiger partial charge in [-0.25, -0.2) is 0 Å². The molecule has 2 rings (SSSR count). The van der Waals surface area contributed by atoms with Crippen molar-refractivity contribution in [3.63, 3.8) is 0 Å². The van der Waals surface area contributed by atoms with E-state index >= 15 is 0 Å². The van der Waals surface area contributed by atoms with Gasteiger partial charge in [0.2, 0.25) is 0 Å². The molecule has 1 heterocycles. The van der Waals surface area contributed by atoms with Crippen LogP contribution in [0.2, 0.25) is 0 Å². The SMILES string of the molecule is CC(C)CN(CCC(=O)O)C(=O)c1cc([N+](=O)[O-])c2nsnc2c1.